The third-order valence-corrected chi connectivity index (χ3v) is 11.4. The molecule has 0 aromatic heterocycles. The summed E-state index contributed by atoms with van der Waals surface area (Å²) in [6.07, 6.45) is 54.0. The molecule has 6 atom stereocenters. The Morgan fingerprint density at radius 2 is 0.971 bits per heavy atom. The van der Waals surface area contributed by atoms with Gasteiger partial charge in [0.1, 0.15) is 30.5 Å². The van der Waals surface area contributed by atoms with E-state index in [1.807, 2.05) is 0 Å². The third-order valence-electron chi connectivity index (χ3n) is 10.9. The van der Waals surface area contributed by atoms with Gasteiger partial charge in [0.2, 0.25) is 0 Å². The van der Waals surface area contributed by atoms with Crippen molar-refractivity contribution >= 4 is 16.4 Å². The van der Waals surface area contributed by atoms with Crippen LogP contribution in [0, 0.1) is 0 Å². The highest BCUT2D eigenvalue weighted by molar-refractivity contribution is 7.80. The molecule has 1 rings (SSSR count). The van der Waals surface area contributed by atoms with Crippen LogP contribution in [0.1, 0.15) is 168 Å². The summed E-state index contributed by atoms with van der Waals surface area (Å²) in [6.45, 7) is 3.69. The van der Waals surface area contributed by atoms with Crippen molar-refractivity contribution in [1.82, 2.24) is 0 Å². The van der Waals surface area contributed by atoms with Gasteiger partial charge in [0, 0.05) is 13.0 Å². The highest BCUT2D eigenvalue weighted by Crippen LogP contribution is 2.26. The largest absolute Gasteiger partial charge is 0.457 e. The van der Waals surface area contributed by atoms with Crippen LogP contribution in [-0.2, 0) is 38.3 Å². The van der Waals surface area contributed by atoms with Gasteiger partial charge in [-0.05, 0) is 96.3 Å². The average Bonchev–Trinajstić information content (AvgIpc) is 3.31. The number of aliphatic hydroxyl groups is 3. The number of carbonyl (C=O) groups excluding carboxylic acids is 1. The second-order valence-electron chi connectivity index (χ2n) is 17.0. The molecular weight excluding hydrogens is 885 g/mol. The predicted molar refractivity (Wildman–Crippen MR) is 275 cm³/mol. The number of unbranched alkanes of at least 4 members (excludes halogenated alkanes) is 12. The number of ether oxygens (including phenoxy) is 4. The van der Waals surface area contributed by atoms with Crippen LogP contribution < -0.4 is 0 Å². The summed E-state index contributed by atoms with van der Waals surface area (Å²) < 4.78 is 59.2. The summed E-state index contributed by atoms with van der Waals surface area (Å²) in [5.41, 5.74) is 0. The van der Waals surface area contributed by atoms with Crippen molar-refractivity contribution in [2.45, 2.75) is 205 Å². The number of hydrogen-bond donors (Lipinski definition) is 4. The molecular formula is C55H90O12S. The molecule has 1 heterocycles. The van der Waals surface area contributed by atoms with Crippen molar-refractivity contribution in [2.24, 2.45) is 0 Å². The molecule has 0 amide bonds. The third kappa shape index (κ3) is 37.6. The topological polar surface area (TPSA) is 178 Å². The normalized spacial score (nSPS) is 20.2. The van der Waals surface area contributed by atoms with Crippen molar-refractivity contribution in [3.63, 3.8) is 0 Å². The first-order valence-electron chi connectivity index (χ1n) is 25.6. The molecule has 68 heavy (non-hydrogen) atoms. The van der Waals surface area contributed by atoms with Crippen molar-refractivity contribution in [1.29, 1.82) is 0 Å². The first kappa shape index (κ1) is 62.8. The van der Waals surface area contributed by atoms with Gasteiger partial charge in [-0.15, -0.1) is 0 Å². The number of rotatable bonds is 43. The van der Waals surface area contributed by atoms with Gasteiger partial charge >= 0.3 is 16.4 Å². The van der Waals surface area contributed by atoms with Crippen LogP contribution in [0.15, 0.2) is 109 Å². The van der Waals surface area contributed by atoms with Crippen molar-refractivity contribution in [3.05, 3.63) is 109 Å². The molecule has 0 aromatic carbocycles. The summed E-state index contributed by atoms with van der Waals surface area (Å²) in [6, 6.07) is 0. The van der Waals surface area contributed by atoms with Gasteiger partial charge < -0.3 is 34.3 Å². The number of aliphatic hydroxyl groups excluding tert-OH is 3. The van der Waals surface area contributed by atoms with E-state index in [0.29, 0.717) is 13.0 Å². The molecule has 388 valence electrons. The van der Waals surface area contributed by atoms with E-state index in [1.165, 1.54) is 25.7 Å². The van der Waals surface area contributed by atoms with Gasteiger partial charge in [0.05, 0.1) is 19.8 Å². The maximum absolute atomic E-state index is 12.9. The summed E-state index contributed by atoms with van der Waals surface area (Å²) >= 11 is 0. The second kappa shape index (κ2) is 44.9. The highest BCUT2D eigenvalue weighted by Gasteiger charge is 2.48. The Morgan fingerprint density at radius 1 is 0.559 bits per heavy atom. The Bertz CT molecular complexity index is 1590. The van der Waals surface area contributed by atoms with E-state index >= 15 is 0 Å². The van der Waals surface area contributed by atoms with Gasteiger partial charge in [-0.1, -0.05) is 175 Å². The molecule has 13 heteroatoms. The van der Waals surface area contributed by atoms with E-state index < -0.39 is 59.8 Å². The van der Waals surface area contributed by atoms with Crippen LogP contribution in [0.2, 0.25) is 0 Å². The monoisotopic (exact) mass is 975 g/mol. The molecule has 0 radical (unpaired) electrons. The molecule has 0 spiro atoms. The number of allylic oxidation sites excluding steroid dienone is 18. The molecule has 6 unspecified atom stereocenters. The Labute approximate surface area is 411 Å². The van der Waals surface area contributed by atoms with Crippen LogP contribution in [0.4, 0.5) is 0 Å². The number of carbonyl (C=O) groups is 1. The summed E-state index contributed by atoms with van der Waals surface area (Å²) in [5.74, 6) is -0.430. The Morgan fingerprint density at radius 3 is 1.41 bits per heavy atom. The lowest BCUT2D eigenvalue weighted by Crippen LogP contribution is -2.60. The fraction of sp³-hybridized carbons (Fsp3) is 0.655. The smallest absolute Gasteiger partial charge is 0.397 e. The lowest BCUT2D eigenvalue weighted by Gasteiger charge is -2.41. The fourth-order valence-corrected chi connectivity index (χ4v) is 7.61. The van der Waals surface area contributed by atoms with Crippen LogP contribution in [-0.4, -0.2) is 97.5 Å². The van der Waals surface area contributed by atoms with Crippen LogP contribution in [0.25, 0.3) is 0 Å². The molecule has 4 N–H and O–H groups in total. The van der Waals surface area contributed by atoms with Gasteiger partial charge in [-0.25, -0.2) is 4.18 Å². The molecule has 1 saturated heterocycles. The quantitative estimate of drug-likeness (QED) is 0.0197. The van der Waals surface area contributed by atoms with Gasteiger partial charge in [0.15, 0.2) is 6.29 Å². The van der Waals surface area contributed by atoms with Crippen molar-refractivity contribution < 1.29 is 56.2 Å². The Balaban J connectivity index is 2.38. The molecule has 1 aliphatic heterocycles. The van der Waals surface area contributed by atoms with E-state index in [-0.39, 0.29) is 19.6 Å². The minimum Gasteiger partial charge on any atom is -0.457 e. The number of esters is 1. The van der Waals surface area contributed by atoms with Crippen molar-refractivity contribution in [2.75, 3.05) is 26.4 Å². The van der Waals surface area contributed by atoms with E-state index in [2.05, 4.69) is 127 Å². The maximum atomic E-state index is 12.9. The first-order chi connectivity index (χ1) is 33.1. The van der Waals surface area contributed by atoms with Crippen molar-refractivity contribution in [3.8, 4) is 0 Å². The Hall–Kier alpha value is -3.24. The van der Waals surface area contributed by atoms with E-state index in [0.717, 1.165) is 116 Å². The fourth-order valence-electron chi connectivity index (χ4n) is 7.10. The number of hydrogen-bond acceptors (Lipinski definition) is 11. The predicted octanol–water partition coefficient (Wildman–Crippen LogP) is 12.0. The standard InChI is InChI=1S/C55H90O12S/c1-3-5-7-9-11-13-15-17-19-21-22-23-24-25-26-27-29-31-33-35-37-39-41-43-45-63-47-49(48-64-55-53(59)54(67-68(60,61)62)52(58)50(46-56)66-55)65-51(57)44-42-40-38-36-34-32-30-28-20-18-16-14-12-10-8-6-4-2/h5-8,11-14,17-20,22-23,25-26,30,32,49-50,52-56,58-59H,3-4,9-10,15-16,21,24,27-29,31,33-48H2,1-2H3,(H,60,61,62)/b7-5-,8-6-,13-11-,14-12-,19-17-,20-18-,23-22-,26-25-,32-30-. The molecule has 0 saturated carbocycles. The summed E-state index contributed by atoms with van der Waals surface area (Å²) in [7, 11) is -5.08. The average molecular weight is 975 g/mol. The second-order valence-corrected chi connectivity index (χ2v) is 18.0. The molecule has 0 aliphatic carbocycles. The van der Waals surface area contributed by atoms with Gasteiger partial charge in [0.25, 0.3) is 0 Å². The first-order valence-corrected chi connectivity index (χ1v) is 27.0. The molecule has 0 aromatic rings. The molecule has 1 aliphatic rings. The van der Waals surface area contributed by atoms with E-state index in [1.54, 1.807) is 0 Å². The zero-order valence-electron chi connectivity index (χ0n) is 41.6. The zero-order valence-corrected chi connectivity index (χ0v) is 42.4. The molecule has 12 nitrogen and oxygen atoms in total. The Kier molecular flexibility index (Phi) is 41.5. The SMILES string of the molecule is CC/C=C\C/C=C\C/C=C\C/C=C\C/C=C\CCCCCCCCCCOCC(COC1OC(CO)C(O)C(OS(=O)(=O)O)C1O)OC(=O)CCCCCC/C=C\C/C=C\C/C=C\C/C=C\CC. The minimum atomic E-state index is -5.08. The van der Waals surface area contributed by atoms with Crippen LogP contribution in [0.3, 0.4) is 0 Å². The molecule has 1 fully saturated rings. The minimum absolute atomic E-state index is 0.0122. The highest BCUT2D eigenvalue weighted by atomic mass is 32.3. The lowest BCUT2D eigenvalue weighted by atomic mass is 9.99. The molecule has 0 bridgehead atoms. The van der Waals surface area contributed by atoms with E-state index in [4.69, 9.17) is 18.9 Å². The van der Waals surface area contributed by atoms with Crippen LogP contribution in [0.5, 0.6) is 0 Å². The van der Waals surface area contributed by atoms with Crippen LogP contribution >= 0.6 is 0 Å². The summed E-state index contributed by atoms with van der Waals surface area (Å²) in [5, 5.41) is 30.8. The maximum Gasteiger partial charge on any atom is 0.397 e. The van der Waals surface area contributed by atoms with Gasteiger partial charge in [-0.3, -0.25) is 9.35 Å². The van der Waals surface area contributed by atoms with Gasteiger partial charge in [-0.2, -0.15) is 8.42 Å². The zero-order chi connectivity index (χ0) is 49.6. The van der Waals surface area contributed by atoms with E-state index in [9.17, 15) is 33.1 Å². The summed E-state index contributed by atoms with van der Waals surface area (Å²) in [4.78, 5) is 12.9. The lowest BCUT2D eigenvalue weighted by molar-refractivity contribution is -0.301.